The van der Waals surface area contributed by atoms with Crippen LogP contribution in [-0.4, -0.2) is 30.7 Å². The first-order valence-corrected chi connectivity index (χ1v) is 6.20. The third-order valence-corrected chi connectivity index (χ3v) is 3.08. The molecule has 0 radical (unpaired) electrons. The van der Waals surface area contributed by atoms with Crippen LogP contribution in [-0.2, 0) is 11.2 Å². The van der Waals surface area contributed by atoms with Gasteiger partial charge in [0.1, 0.15) is 5.58 Å². The van der Waals surface area contributed by atoms with Gasteiger partial charge in [-0.05, 0) is 24.6 Å². The Kier molecular flexibility index (Phi) is 3.93. The first kappa shape index (κ1) is 13.9. The van der Waals surface area contributed by atoms with Crippen LogP contribution < -0.4 is 10.2 Å². The SMILES string of the molecule is CC(=O)NCCc1coc2ccc(N(C)C(=O)O)cc12. The normalized spacial score (nSPS) is 10.5. The minimum atomic E-state index is -1.02. The molecule has 0 fully saturated rings. The average molecular weight is 276 g/mol. The number of nitrogens with zero attached hydrogens (tertiary/aromatic N) is 1. The van der Waals surface area contributed by atoms with E-state index in [9.17, 15) is 9.59 Å². The summed E-state index contributed by atoms with van der Waals surface area (Å²) in [6, 6.07) is 5.21. The molecule has 1 aromatic carbocycles. The van der Waals surface area contributed by atoms with Crippen LogP contribution in [0.2, 0.25) is 0 Å². The topological polar surface area (TPSA) is 82.8 Å². The molecule has 106 valence electrons. The zero-order valence-electron chi connectivity index (χ0n) is 11.3. The van der Waals surface area contributed by atoms with Gasteiger partial charge < -0.3 is 14.8 Å². The van der Waals surface area contributed by atoms with Crippen LogP contribution in [0.15, 0.2) is 28.9 Å². The smallest absolute Gasteiger partial charge is 0.411 e. The molecule has 0 atom stereocenters. The number of carbonyl (C=O) groups excluding carboxylic acids is 1. The number of benzene rings is 1. The van der Waals surface area contributed by atoms with Gasteiger partial charge in [0, 0.05) is 37.2 Å². The molecule has 0 aliphatic rings. The zero-order valence-corrected chi connectivity index (χ0v) is 11.3. The van der Waals surface area contributed by atoms with Gasteiger partial charge in [0.25, 0.3) is 0 Å². The third-order valence-electron chi connectivity index (χ3n) is 3.08. The monoisotopic (exact) mass is 276 g/mol. The van der Waals surface area contributed by atoms with E-state index in [4.69, 9.17) is 9.52 Å². The van der Waals surface area contributed by atoms with Gasteiger partial charge in [-0.15, -0.1) is 0 Å². The van der Waals surface area contributed by atoms with Crippen LogP contribution in [0.1, 0.15) is 12.5 Å². The maximum atomic E-state index is 11.0. The summed E-state index contributed by atoms with van der Waals surface area (Å²) in [7, 11) is 1.49. The Bertz CT molecular complexity index is 648. The maximum Gasteiger partial charge on any atom is 0.411 e. The second kappa shape index (κ2) is 5.64. The summed E-state index contributed by atoms with van der Waals surface area (Å²) < 4.78 is 5.42. The molecule has 2 amide bonds. The van der Waals surface area contributed by atoms with Gasteiger partial charge in [0.2, 0.25) is 5.91 Å². The zero-order chi connectivity index (χ0) is 14.7. The number of hydrogen-bond donors (Lipinski definition) is 2. The van der Waals surface area contributed by atoms with Crippen molar-refractivity contribution in [2.75, 3.05) is 18.5 Å². The Morgan fingerprint density at radius 1 is 1.40 bits per heavy atom. The number of anilines is 1. The molecule has 2 N–H and O–H groups in total. The summed E-state index contributed by atoms with van der Waals surface area (Å²) in [5.74, 6) is -0.0795. The molecule has 0 bridgehead atoms. The van der Waals surface area contributed by atoms with Gasteiger partial charge in [0.15, 0.2) is 0 Å². The maximum absolute atomic E-state index is 11.0. The molecule has 6 nitrogen and oxygen atoms in total. The van der Waals surface area contributed by atoms with E-state index in [2.05, 4.69) is 5.32 Å². The van der Waals surface area contributed by atoms with Gasteiger partial charge in [0.05, 0.1) is 6.26 Å². The van der Waals surface area contributed by atoms with Gasteiger partial charge in [-0.2, -0.15) is 0 Å². The van der Waals surface area contributed by atoms with Gasteiger partial charge >= 0.3 is 6.09 Å². The highest BCUT2D eigenvalue weighted by Gasteiger charge is 2.12. The molecule has 0 spiro atoms. The van der Waals surface area contributed by atoms with Crippen LogP contribution in [0, 0.1) is 0 Å². The predicted molar refractivity (Wildman–Crippen MR) is 75.0 cm³/mol. The summed E-state index contributed by atoms with van der Waals surface area (Å²) in [6.45, 7) is 1.98. The molecule has 0 unspecified atom stereocenters. The molecule has 0 aliphatic carbocycles. The number of rotatable bonds is 4. The van der Waals surface area contributed by atoms with Crippen molar-refractivity contribution in [2.45, 2.75) is 13.3 Å². The van der Waals surface area contributed by atoms with Crippen molar-refractivity contribution in [2.24, 2.45) is 0 Å². The van der Waals surface area contributed by atoms with E-state index >= 15 is 0 Å². The lowest BCUT2D eigenvalue weighted by atomic mass is 10.1. The van der Waals surface area contributed by atoms with Gasteiger partial charge in [-0.25, -0.2) is 4.79 Å². The Labute approximate surface area is 116 Å². The highest BCUT2D eigenvalue weighted by molar-refractivity contribution is 5.91. The number of nitrogens with one attached hydrogen (secondary N) is 1. The number of amides is 2. The molecule has 2 aromatic rings. The van der Waals surface area contributed by atoms with Gasteiger partial charge in [-0.1, -0.05) is 0 Å². The number of fused-ring (bicyclic) bond motifs is 1. The van der Waals surface area contributed by atoms with E-state index in [0.717, 1.165) is 15.8 Å². The third kappa shape index (κ3) is 2.90. The highest BCUT2D eigenvalue weighted by atomic mass is 16.4. The van der Waals surface area contributed by atoms with Crippen molar-refractivity contribution in [1.82, 2.24) is 5.32 Å². The van der Waals surface area contributed by atoms with Gasteiger partial charge in [-0.3, -0.25) is 9.69 Å². The van der Waals surface area contributed by atoms with E-state index in [-0.39, 0.29) is 5.91 Å². The minimum absolute atomic E-state index is 0.0795. The molecule has 0 aliphatic heterocycles. The summed E-state index contributed by atoms with van der Waals surface area (Å²) in [6.07, 6.45) is 1.25. The number of hydrogen-bond acceptors (Lipinski definition) is 3. The molecule has 2 rings (SSSR count). The fourth-order valence-electron chi connectivity index (χ4n) is 1.96. The van der Waals surface area contributed by atoms with Crippen LogP contribution in [0.4, 0.5) is 10.5 Å². The molecule has 1 heterocycles. The lowest BCUT2D eigenvalue weighted by molar-refractivity contribution is -0.118. The number of furan rings is 1. The molecule has 1 aromatic heterocycles. The Morgan fingerprint density at radius 2 is 2.15 bits per heavy atom. The van der Waals surface area contributed by atoms with Crippen molar-refractivity contribution < 1.29 is 19.1 Å². The molecule has 0 saturated carbocycles. The quantitative estimate of drug-likeness (QED) is 0.897. The highest BCUT2D eigenvalue weighted by Crippen LogP contribution is 2.26. The molecule has 20 heavy (non-hydrogen) atoms. The van der Waals surface area contributed by atoms with Crippen molar-refractivity contribution in [3.63, 3.8) is 0 Å². The first-order valence-electron chi connectivity index (χ1n) is 6.20. The Balaban J connectivity index is 2.25. The summed E-state index contributed by atoms with van der Waals surface area (Å²) in [5, 5.41) is 12.6. The van der Waals surface area contributed by atoms with E-state index in [1.54, 1.807) is 24.5 Å². The van der Waals surface area contributed by atoms with Crippen molar-refractivity contribution >= 4 is 28.7 Å². The molecular formula is C14H16N2O4. The average Bonchev–Trinajstić information content (AvgIpc) is 2.80. The first-order chi connectivity index (χ1) is 9.49. The minimum Gasteiger partial charge on any atom is -0.465 e. The van der Waals surface area contributed by atoms with Crippen LogP contribution in [0.5, 0.6) is 0 Å². The van der Waals surface area contributed by atoms with E-state index in [1.165, 1.54) is 14.0 Å². The Morgan fingerprint density at radius 3 is 2.80 bits per heavy atom. The fraction of sp³-hybridized carbons (Fsp3) is 0.286. The van der Waals surface area contributed by atoms with E-state index in [0.29, 0.717) is 24.2 Å². The van der Waals surface area contributed by atoms with Crippen molar-refractivity contribution in [1.29, 1.82) is 0 Å². The standard InChI is InChI=1S/C14H16N2O4/c1-9(17)15-6-5-10-8-20-13-4-3-11(7-12(10)13)16(2)14(18)19/h3-4,7-8H,5-6H2,1-2H3,(H,15,17)(H,18,19). The van der Waals surface area contributed by atoms with E-state index < -0.39 is 6.09 Å². The fourth-order valence-corrected chi connectivity index (χ4v) is 1.96. The Hall–Kier alpha value is -2.50. The largest absolute Gasteiger partial charge is 0.465 e. The molecule has 6 heteroatoms. The lowest BCUT2D eigenvalue weighted by Gasteiger charge is -2.12. The summed E-state index contributed by atoms with van der Waals surface area (Å²) >= 11 is 0. The predicted octanol–water partition coefficient (Wildman–Crippen LogP) is 2.23. The second-order valence-corrected chi connectivity index (χ2v) is 4.52. The van der Waals surface area contributed by atoms with Crippen LogP contribution >= 0.6 is 0 Å². The van der Waals surface area contributed by atoms with Crippen LogP contribution in [0.25, 0.3) is 11.0 Å². The van der Waals surface area contributed by atoms with Crippen LogP contribution in [0.3, 0.4) is 0 Å². The molecule has 0 saturated heterocycles. The molecular weight excluding hydrogens is 260 g/mol. The summed E-state index contributed by atoms with van der Waals surface area (Å²) in [5.41, 5.74) is 2.21. The second-order valence-electron chi connectivity index (χ2n) is 4.52. The van der Waals surface area contributed by atoms with Crippen molar-refractivity contribution in [3.05, 3.63) is 30.0 Å². The van der Waals surface area contributed by atoms with Crippen molar-refractivity contribution in [3.8, 4) is 0 Å². The van der Waals surface area contributed by atoms with E-state index in [1.807, 2.05) is 0 Å². The number of carboxylic acid groups (broad SMARTS) is 1. The summed E-state index contributed by atoms with van der Waals surface area (Å²) in [4.78, 5) is 23.0. The number of carbonyl (C=O) groups is 2. The lowest BCUT2D eigenvalue weighted by Crippen LogP contribution is -2.23.